The summed E-state index contributed by atoms with van der Waals surface area (Å²) in [5.41, 5.74) is 2.08. The van der Waals surface area contributed by atoms with Gasteiger partial charge in [0.2, 0.25) is 0 Å². The number of aromatic amines is 1. The molecule has 3 rings (SSSR count). The predicted molar refractivity (Wildman–Crippen MR) is 76.4 cm³/mol. The Balaban J connectivity index is 1.61. The highest BCUT2D eigenvalue weighted by atomic mass is 19.1. The molecule has 0 aliphatic rings. The number of hydrogen-bond acceptors (Lipinski definition) is 1. The summed E-state index contributed by atoms with van der Waals surface area (Å²) < 4.78 is 15.4. The smallest absolute Gasteiger partial charge is 0.284 e. The summed E-state index contributed by atoms with van der Waals surface area (Å²) >= 11 is 0. The highest BCUT2D eigenvalue weighted by molar-refractivity contribution is 5.94. The summed E-state index contributed by atoms with van der Waals surface area (Å²) in [4.78, 5) is 15.1. The first kappa shape index (κ1) is 13.3. The Morgan fingerprint density at radius 1 is 1.19 bits per heavy atom. The number of fused-ring (bicyclic) bond motifs is 1. The molecule has 2 N–H and O–H groups in total. The monoisotopic (exact) mass is 284 g/mol. The van der Waals surface area contributed by atoms with Crippen molar-refractivity contribution in [2.45, 2.75) is 6.42 Å². The van der Waals surface area contributed by atoms with E-state index in [-0.39, 0.29) is 5.56 Å². The minimum atomic E-state index is -0.504. The second-order valence-corrected chi connectivity index (χ2v) is 4.76. The molecule has 5 heteroatoms. The van der Waals surface area contributed by atoms with Crippen molar-refractivity contribution in [1.29, 1.82) is 0 Å². The lowest BCUT2D eigenvalue weighted by atomic mass is 10.2. The lowest BCUT2D eigenvalue weighted by molar-refractivity contribution is -0.510. The fourth-order valence-corrected chi connectivity index (χ4v) is 2.22. The molecule has 1 aromatic carbocycles. The molecule has 106 valence electrons. The molecule has 2 aromatic heterocycles. The maximum absolute atomic E-state index is 13.5. The number of rotatable bonds is 4. The van der Waals surface area contributed by atoms with Crippen LogP contribution in [0.3, 0.4) is 0 Å². The minimum absolute atomic E-state index is 0.0727. The molecular formula is C16H15FN3O+. The SMILES string of the molecule is O=C(NCCc1c[n+]2ccccc2[nH]1)c1ccccc1F. The molecule has 2 heterocycles. The second kappa shape index (κ2) is 5.75. The average Bonchev–Trinajstić information content (AvgIpc) is 2.90. The lowest BCUT2D eigenvalue weighted by Gasteiger charge is -2.04. The molecule has 0 aliphatic heterocycles. The van der Waals surface area contributed by atoms with E-state index in [9.17, 15) is 9.18 Å². The first-order valence-corrected chi connectivity index (χ1v) is 6.74. The van der Waals surface area contributed by atoms with Crippen LogP contribution in [0.2, 0.25) is 0 Å². The Kier molecular flexibility index (Phi) is 3.64. The number of aromatic nitrogens is 2. The van der Waals surface area contributed by atoms with E-state index in [0.717, 1.165) is 11.3 Å². The molecule has 0 saturated carbocycles. The van der Waals surface area contributed by atoms with Crippen molar-refractivity contribution in [3.05, 3.63) is 71.9 Å². The van der Waals surface area contributed by atoms with Gasteiger partial charge < -0.3 is 5.32 Å². The molecule has 4 nitrogen and oxygen atoms in total. The van der Waals surface area contributed by atoms with Gasteiger partial charge in [-0.15, -0.1) is 0 Å². The van der Waals surface area contributed by atoms with Gasteiger partial charge in [-0.1, -0.05) is 18.2 Å². The minimum Gasteiger partial charge on any atom is -0.351 e. The molecule has 0 saturated heterocycles. The molecule has 0 aliphatic carbocycles. The number of halogens is 1. The average molecular weight is 284 g/mol. The summed E-state index contributed by atoms with van der Waals surface area (Å²) in [6, 6.07) is 11.8. The quantitative estimate of drug-likeness (QED) is 0.706. The molecule has 0 atom stereocenters. The van der Waals surface area contributed by atoms with Crippen molar-refractivity contribution in [2.24, 2.45) is 0 Å². The fourth-order valence-electron chi connectivity index (χ4n) is 2.22. The largest absolute Gasteiger partial charge is 0.351 e. The zero-order valence-electron chi connectivity index (χ0n) is 11.3. The third-order valence-corrected chi connectivity index (χ3v) is 3.27. The second-order valence-electron chi connectivity index (χ2n) is 4.76. The van der Waals surface area contributed by atoms with Crippen LogP contribution in [-0.4, -0.2) is 17.4 Å². The fraction of sp³-hybridized carbons (Fsp3) is 0.125. The van der Waals surface area contributed by atoms with Gasteiger partial charge in [-0.05, 0) is 18.2 Å². The summed E-state index contributed by atoms with van der Waals surface area (Å²) in [6.45, 7) is 0.445. The number of H-pyrrole nitrogens is 1. The molecule has 0 unspecified atom stereocenters. The third kappa shape index (κ3) is 2.91. The molecular weight excluding hydrogens is 269 g/mol. The standard InChI is InChI=1S/C16H14FN3O/c17-14-6-2-1-5-13(14)16(21)18-9-8-12-11-20-10-4-3-7-15(20)19-12/h1-7,10-11H,8-9H2,(H,18,21)/p+1. The summed E-state index contributed by atoms with van der Waals surface area (Å²) in [5, 5.41) is 2.72. The topological polar surface area (TPSA) is 49.0 Å². The van der Waals surface area contributed by atoms with Crippen LogP contribution in [0.15, 0.2) is 54.9 Å². The number of benzene rings is 1. The third-order valence-electron chi connectivity index (χ3n) is 3.27. The number of carbonyl (C=O) groups is 1. The van der Waals surface area contributed by atoms with Gasteiger partial charge in [-0.2, -0.15) is 0 Å². The van der Waals surface area contributed by atoms with E-state index in [1.165, 1.54) is 12.1 Å². The van der Waals surface area contributed by atoms with Crippen molar-refractivity contribution in [3.8, 4) is 0 Å². The first-order chi connectivity index (χ1) is 10.2. The predicted octanol–water partition coefficient (Wildman–Crippen LogP) is 1.86. The van der Waals surface area contributed by atoms with Crippen LogP contribution in [0.5, 0.6) is 0 Å². The van der Waals surface area contributed by atoms with Crippen molar-refractivity contribution in [3.63, 3.8) is 0 Å². The molecule has 0 spiro atoms. The Morgan fingerprint density at radius 3 is 2.81 bits per heavy atom. The summed E-state index contributed by atoms with van der Waals surface area (Å²) in [6.07, 6.45) is 4.58. The molecule has 0 bridgehead atoms. The van der Waals surface area contributed by atoms with Gasteiger partial charge in [-0.25, -0.2) is 13.8 Å². The van der Waals surface area contributed by atoms with E-state index in [4.69, 9.17) is 0 Å². The van der Waals surface area contributed by atoms with E-state index in [2.05, 4.69) is 10.3 Å². The lowest BCUT2D eigenvalue weighted by Crippen LogP contribution is -2.26. The normalized spacial score (nSPS) is 10.7. The number of carbonyl (C=O) groups excluding carboxylic acids is 1. The highest BCUT2D eigenvalue weighted by Crippen LogP contribution is 2.05. The maximum Gasteiger partial charge on any atom is 0.284 e. The first-order valence-electron chi connectivity index (χ1n) is 6.74. The molecule has 0 radical (unpaired) electrons. The Bertz CT molecular complexity index is 749. The summed E-state index contributed by atoms with van der Waals surface area (Å²) in [5.74, 6) is -0.895. The van der Waals surface area contributed by atoms with Gasteiger partial charge in [0.1, 0.15) is 17.7 Å². The van der Waals surface area contributed by atoms with Gasteiger partial charge in [0.05, 0.1) is 11.8 Å². The van der Waals surface area contributed by atoms with Crippen LogP contribution in [0.1, 0.15) is 16.1 Å². The Morgan fingerprint density at radius 2 is 2.00 bits per heavy atom. The van der Waals surface area contributed by atoms with Gasteiger partial charge >= 0.3 is 0 Å². The van der Waals surface area contributed by atoms with E-state index in [0.29, 0.717) is 13.0 Å². The van der Waals surface area contributed by atoms with Crippen LogP contribution in [-0.2, 0) is 6.42 Å². The van der Waals surface area contributed by atoms with Crippen molar-refractivity contribution < 1.29 is 13.6 Å². The van der Waals surface area contributed by atoms with Crippen LogP contribution in [0, 0.1) is 5.82 Å². The molecule has 0 fully saturated rings. The van der Waals surface area contributed by atoms with E-state index < -0.39 is 11.7 Å². The van der Waals surface area contributed by atoms with E-state index >= 15 is 0 Å². The van der Waals surface area contributed by atoms with Gasteiger partial charge in [0, 0.05) is 19.0 Å². The number of pyridine rings is 1. The zero-order chi connectivity index (χ0) is 14.7. The number of imidazole rings is 1. The van der Waals surface area contributed by atoms with Gasteiger partial charge in [0.25, 0.3) is 11.6 Å². The van der Waals surface area contributed by atoms with Crippen LogP contribution in [0.25, 0.3) is 5.65 Å². The van der Waals surface area contributed by atoms with Gasteiger partial charge in [-0.3, -0.25) is 4.79 Å². The molecule has 3 aromatic rings. The zero-order valence-corrected chi connectivity index (χ0v) is 11.3. The Labute approximate surface area is 121 Å². The van der Waals surface area contributed by atoms with Crippen molar-refractivity contribution in [2.75, 3.05) is 6.54 Å². The van der Waals surface area contributed by atoms with Crippen LogP contribution in [0.4, 0.5) is 4.39 Å². The highest BCUT2D eigenvalue weighted by Gasteiger charge is 2.11. The van der Waals surface area contributed by atoms with Crippen molar-refractivity contribution >= 4 is 11.6 Å². The molecule has 21 heavy (non-hydrogen) atoms. The number of nitrogens with one attached hydrogen (secondary N) is 2. The van der Waals surface area contributed by atoms with Crippen LogP contribution >= 0.6 is 0 Å². The van der Waals surface area contributed by atoms with Crippen molar-refractivity contribution in [1.82, 2.24) is 10.3 Å². The number of amides is 1. The number of hydrogen-bond donors (Lipinski definition) is 2. The van der Waals surface area contributed by atoms with Crippen LogP contribution < -0.4 is 9.72 Å². The van der Waals surface area contributed by atoms with E-state index in [1.54, 1.807) is 12.1 Å². The number of nitrogens with zero attached hydrogens (tertiary/aromatic N) is 1. The summed E-state index contributed by atoms with van der Waals surface area (Å²) in [7, 11) is 0. The molecule has 1 amide bonds. The maximum atomic E-state index is 13.5. The van der Waals surface area contributed by atoms with E-state index in [1.807, 2.05) is 35.0 Å². The van der Waals surface area contributed by atoms with Gasteiger partial charge in [0.15, 0.2) is 0 Å². The Hall–Kier alpha value is -2.69.